The number of halogens is 1. The van der Waals surface area contributed by atoms with E-state index in [0.717, 1.165) is 28.4 Å². The van der Waals surface area contributed by atoms with Crippen molar-refractivity contribution in [2.75, 3.05) is 0 Å². The summed E-state index contributed by atoms with van der Waals surface area (Å²) in [5.41, 5.74) is 3.76. The fourth-order valence-electron chi connectivity index (χ4n) is 3.67. The lowest BCUT2D eigenvalue weighted by Crippen LogP contribution is -2.09. The molecule has 0 unspecified atom stereocenters. The molecule has 1 atom stereocenters. The summed E-state index contributed by atoms with van der Waals surface area (Å²) in [5.74, 6) is 1.53. The largest absolute Gasteiger partial charge is 0.300 e. The maximum absolute atomic E-state index is 12.0. The molecule has 1 aliphatic heterocycles. The lowest BCUT2D eigenvalue weighted by Gasteiger charge is -2.15. The summed E-state index contributed by atoms with van der Waals surface area (Å²) in [4.78, 5) is 18.3. The number of aryl methyl sites for hydroxylation is 1. The fourth-order valence-corrected chi connectivity index (χ4v) is 4.67. The molecule has 0 spiro atoms. The minimum Gasteiger partial charge on any atom is -0.300 e. The van der Waals surface area contributed by atoms with E-state index in [9.17, 15) is 4.79 Å². The zero-order chi connectivity index (χ0) is 21.4. The Morgan fingerprint density at radius 3 is 2.57 bits per heavy atom. The van der Waals surface area contributed by atoms with Crippen LogP contribution in [0.15, 0.2) is 52.4 Å². The number of aliphatic imine (C=N–C) groups is 1. The number of fused-ring (bicyclic) bond motifs is 3. The average Bonchev–Trinajstić information content (AvgIpc) is 3.00. The van der Waals surface area contributed by atoms with E-state index in [0.29, 0.717) is 16.1 Å². The molecule has 0 aliphatic carbocycles. The van der Waals surface area contributed by atoms with Gasteiger partial charge in [0.1, 0.15) is 17.6 Å². The van der Waals surface area contributed by atoms with E-state index in [2.05, 4.69) is 42.2 Å². The van der Waals surface area contributed by atoms with Crippen molar-refractivity contribution in [3.63, 3.8) is 0 Å². The Morgan fingerprint density at radius 1 is 1.17 bits per heavy atom. The third-order valence-electron chi connectivity index (χ3n) is 4.87. The first-order chi connectivity index (χ1) is 14.3. The van der Waals surface area contributed by atoms with E-state index in [4.69, 9.17) is 16.6 Å². The summed E-state index contributed by atoms with van der Waals surface area (Å²) >= 11 is 7.94. The number of benzene rings is 2. The van der Waals surface area contributed by atoms with Gasteiger partial charge in [0.2, 0.25) is 0 Å². The fraction of sp³-hybridized carbons (Fsp3) is 0.304. The molecule has 0 radical (unpaired) electrons. The van der Waals surface area contributed by atoms with Gasteiger partial charge in [-0.15, -0.1) is 22.0 Å². The number of nitrogens with zero attached hydrogens (tertiary/aromatic N) is 4. The van der Waals surface area contributed by atoms with Crippen molar-refractivity contribution in [2.45, 2.75) is 50.3 Å². The predicted molar refractivity (Wildman–Crippen MR) is 122 cm³/mol. The highest BCUT2D eigenvalue weighted by Crippen LogP contribution is 2.35. The van der Waals surface area contributed by atoms with Crippen LogP contribution in [0.4, 0.5) is 0 Å². The van der Waals surface area contributed by atoms with Crippen molar-refractivity contribution < 1.29 is 4.79 Å². The van der Waals surface area contributed by atoms with E-state index < -0.39 is 6.04 Å². The zero-order valence-electron chi connectivity index (χ0n) is 17.4. The lowest BCUT2D eigenvalue weighted by atomic mass is 10.00. The van der Waals surface area contributed by atoms with Gasteiger partial charge in [0, 0.05) is 32.7 Å². The highest BCUT2D eigenvalue weighted by molar-refractivity contribution is 7.99. The van der Waals surface area contributed by atoms with Crippen LogP contribution in [-0.2, 0) is 4.79 Å². The quantitative estimate of drug-likeness (QED) is 0.486. The average molecular weight is 439 g/mol. The van der Waals surface area contributed by atoms with Gasteiger partial charge in [0.05, 0.1) is 11.4 Å². The van der Waals surface area contributed by atoms with E-state index >= 15 is 0 Å². The molecular weight excluding hydrogens is 416 g/mol. The van der Waals surface area contributed by atoms with Crippen LogP contribution in [0.5, 0.6) is 0 Å². The first-order valence-electron chi connectivity index (χ1n) is 9.90. The molecule has 0 fully saturated rings. The standard InChI is InChI=1S/C23H23ClN4OS/c1-13(2)30-18-9-10-21-19(12-18)22(16-5-7-17(24)8-6-16)25-20(11-14(3)29)23-27-26-15(4)28(21)23/h5-10,12-13,20H,11H2,1-4H3/t20-/m0/s1. The van der Waals surface area contributed by atoms with Crippen molar-refractivity contribution >= 4 is 34.9 Å². The Labute approximate surface area is 185 Å². The number of rotatable bonds is 5. The molecule has 0 saturated carbocycles. The normalized spacial score (nSPS) is 15.4. The van der Waals surface area contributed by atoms with Crippen molar-refractivity contribution in [1.82, 2.24) is 14.8 Å². The summed E-state index contributed by atoms with van der Waals surface area (Å²) in [6, 6.07) is 13.7. The molecule has 2 heterocycles. The summed E-state index contributed by atoms with van der Waals surface area (Å²) in [6.45, 7) is 7.86. The molecule has 1 aromatic heterocycles. The predicted octanol–water partition coefficient (Wildman–Crippen LogP) is 5.60. The van der Waals surface area contributed by atoms with Gasteiger partial charge in [-0.1, -0.05) is 37.6 Å². The second kappa shape index (κ2) is 8.36. The number of carbonyl (C=O) groups excluding carboxylic acids is 1. The smallest absolute Gasteiger partial charge is 0.162 e. The van der Waals surface area contributed by atoms with Gasteiger partial charge in [-0.3, -0.25) is 14.4 Å². The van der Waals surface area contributed by atoms with Crippen LogP contribution in [0.25, 0.3) is 5.69 Å². The second-order valence-electron chi connectivity index (χ2n) is 7.69. The number of Topliss-reactive ketones (excluding diaryl/α,β-unsaturated/α-hetero) is 1. The molecule has 154 valence electrons. The first-order valence-corrected chi connectivity index (χ1v) is 11.2. The Kier molecular flexibility index (Phi) is 5.80. The number of carbonyl (C=O) groups is 1. The molecule has 3 aromatic rings. The van der Waals surface area contributed by atoms with Crippen LogP contribution < -0.4 is 0 Å². The minimum absolute atomic E-state index is 0.0633. The summed E-state index contributed by atoms with van der Waals surface area (Å²) in [6.07, 6.45) is 0.275. The molecule has 4 rings (SSSR count). The van der Waals surface area contributed by atoms with Crippen LogP contribution in [0, 0.1) is 6.92 Å². The molecule has 0 N–H and O–H groups in total. The van der Waals surface area contributed by atoms with E-state index in [1.165, 1.54) is 4.90 Å². The number of aromatic nitrogens is 3. The van der Waals surface area contributed by atoms with Crippen LogP contribution in [0.3, 0.4) is 0 Å². The number of hydrogen-bond acceptors (Lipinski definition) is 5. The lowest BCUT2D eigenvalue weighted by molar-refractivity contribution is -0.117. The molecule has 7 heteroatoms. The Morgan fingerprint density at radius 2 is 1.90 bits per heavy atom. The van der Waals surface area contributed by atoms with Crippen molar-refractivity contribution in [2.24, 2.45) is 4.99 Å². The van der Waals surface area contributed by atoms with Gasteiger partial charge in [-0.05, 0) is 44.2 Å². The molecule has 5 nitrogen and oxygen atoms in total. The van der Waals surface area contributed by atoms with Crippen LogP contribution >= 0.6 is 23.4 Å². The molecule has 0 saturated heterocycles. The Balaban J connectivity index is 1.99. The summed E-state index contributed by atoms with van der Waals surface area (Å²) in [7, 11) is 0. The van der Waals surface area contributed by atoms with Crippen LogP contribution in [-0.4, -0.2) is 31.5 Å². The maximum atomic E-state index is 12.0. The van der Waals surface area contributed by atoms with Gasteiger partial charge in [0.15, 0.2) is 5.82 Å². The van der Waals surface area contributed by atoms with Crippen LogP contribution in [0.2, 0.25) is 5.02 Å². The SMILES string of the molecule is CC(=O)C[C@@H]1N=C(c2ccc(Cl)cc2)c2cc(SC(C)C)ccc2-n2c(C)nnc21. The van der Waals surface area contributed by atoms with Crippen molar-refractivity contribution in [1.29, 1.82) is 0 Å². The third-order valence-corrected chi connectivity index (χ3v) is 6.12. The maximum Gasteiger partial charge on any atom is 0.162 e. The number of ketones is 1. The highest BCUT2D eigenvalue weighted by atomic mass is 35.5. The second-order valence-corrected chi connectivity index (χ2v) is 9.78. The minimum atomic E-state index is -0.400. The molecule has 2 aromatic carbocycles. The molecule has 0 amide bonds. The molecule has 0 bridgehead atoms. The third kappa shape index (κ3) is 4.07. The highest BCUT2D eigenvalue weighted by Gasteiger charge is 2.29. The Bertz CT molecular complexity index is 1130. The van der Waals surface area contributed by atoms with E-state index in [1.54, 1.807) is 18.7 Å². The van der Waals surface area contributed by atoms with Gasteiger partial charge in [0.25, 0.3) is 0 Å². The first kappa shape index (κ1) is 20.8. The van der Waals surface area contributed by atoms with E-state index in [-0.39, 0.29) is 12.2 Å². The van der Waals surface area contributed by atoms with E-state index in [1.807, 2.05) is 35.8 Å². The summed E-state index contributed by atoms with van der Waals surface area (Å²) < 4.78 is 2.03. The zero-order valence-corrected chi connectivity index (χ0v) is 19.0. The monoisotopic (exact) mass is 438 g/mol. The molecule has 1 aliphatic rings. The van der Waals surface area contributed by atoms with Crippen molar-refractivity contribution in [3.05, 3.63) is 70.3 Å². The van der Waals surface area contributed by atoms with Crippen molar-refractivity contribution in [3.8, 4) is 5.69 Å². The van der Waals surface area contributed by atoms with Crippen LogP contribution in [0.1, 0.15) is 56.0 Å². The number of thioether (sulfide) groups is 1. The number of hydrogen-bond donors (Lipinski definition) is 0. The summed E-state index contributed by atoms with van der Waals surface area (Å²) in [5, 5.41) is 9.81. The topological polar surface area (TPSA) is 60.1 Å². The van der Waals surface area contributed by atoms with Gasteiger partial charge in [-0.2, -0.15) is 0 Å². The van der Waals surface area contributed by atoms with Gasteiger partial charge in [-0.25, -0.2) is 0 Å². The van der Waals surface area contributed by atoms with Gasteiger partial charge < -0.3 is 0 Å². The Hall–Kier alpha value is -2.44. The molecular formula is C23H23ClN4OS. The van der Waals surface area contributed by atoms with Gasteiger partial charge >= 0.3 is 0 Å². The molecule has 30 heavy (non-hydrogen) atoms.